The molecule has 0 aromatic carbocycles. The summed E-state index contributed by atoms with van der Waals surface area (Å²) in [7, 11) is -3.32. The molecule has 0 aliphatic carbocycles. The van der Waals surface area contributed by atoms with E-state index < -0.39 is 16.2 Å². The molecule has 7 nitrogen and oxygen atoms in total. The molecule has 8 heteroatoms. The van der Waals surface area contributed by atoms with Gasteiger partial charge in [0.2, 0.25) is 0 Å². The molecule has 2 fully saturated rings. The van der Waals surface area contributed by atoms with Crippen LogP contribution in [0.5, 0.6) is 0 Å². The summed E-state index contributed by atoms with van der Waals surface area (Å²) in [5.41, 5.74) is 0. The maximum Gasteiger partial charge on any atom is 0.329 e. The van der Waals surface area contributed by atoms with Crippen molar-refractivity contribution in [1.29, 1.82) is 0 Å². The zero-order valence-electron chi connectivity index (χ0n) is 10.8. The second kappa shape index (κ2) is 6.17. The molecule has 19 heavy (non-hydrogen) atoms. The van der Waals surface area contributed by atoms with Gasteiger partial charge in [0.1, 0.15) is 6.61 Å². The fourth-order valence-electron chi connectivity index (χ4n) is 2.50. The van der Waals surface area contributed by atoms with Crippen molar-refractivity contribution in [2.45, 2.75) is 31.8 Å². The zero-order valence-corrected chi connectivity index (χ0v) is 11.6. The van der Waals surface area contributed by atoms with E-state index in [2.05, 4.69) is 0 Å². The van der Waals surface area contributed by atoms with Crippen molar-refractivity contribution in [3.8, 4) is 0 Å². The molecule has 0 atom stereocenters. The largest absolute Gasteiger partial charge is 0.480 e. The van der Waals surface area contributed by atoms with Gasteiger partial charge in [-0.2, -0.15) is 17.0 Å². The summed E-state index contributed by atoms with van der Waals surface area (Å²) >= 11 is 0. The van der Waals surface area contributed by atoms with Crippen LogP contribution < -0.4 is 0 Å². The third-order valence-electron chi connectivity index (χ3n) is 3.56. The summed E-state index contributed by atoms with van der Waals surface area (Å²) in [4.78, 5) is 10.4. The van der Waals surface area contributed by atoms with Gasteiger partial charge in [0.15, 0.2) is 0 Å². The quantitative estimate of drug-likeness (QED) is 0.764. The predicted octanol–water partition coefficient (Wildman–Crippen LogP) is -0.107. The highest BCUT2D eigenvalue weighted by Crippen LogP contribution is 2.21. The van der Waals surface area contributed by atoms with E-state index in [1.807, 2.05) is 0 Å². The minimum atomic E-state index is -3.32. The Bertz CT molecular complexity index is 411. The molecule has 2 aliphatic heterocycles. The fourth-order valence-corrected chi connectivity index (χ4v) is 4.22. The number of hydrogen-bond acceptors (Lipinski definition) is 4. The number of carboxylic acid groups (broad SMARTS) is 1. The number of aliphatic carboxylic acids is 1. The maximum absolute atomic E-state index is 12.3. The molecule has 0 radical (unpaired) electrons. The van der Waals surface area contributed by atoms with Crippen LogP contribution in [0, 0.1) is 0 Å². The molecule has 1 N–H and O–H groups in total. The van der Waals surface area contributed by atoms with Crippen LogP contribution in [0.15, 0.2) is 0 Å². The van der Waals surface area contributed by atoms with Crippen molar-refractivity contribution in [1.82, 2.24) is 8.61 Å². The van der Waals surface area contributed by atoms with Gasteiger partial charge in [0.25, 0.3) is 10.2 Å². The van der Waals surface area contributed by atoms with Crippen LogP contribution in [-0.4, -0.2) is 67.0 Å². The highest BCUT2D eigenvalue weighted by Gasteiger charge is 2.34. The molecule has 0 amide bonds. The van der Waals surface area contributed by atoms with Gasteiger partial charge in [-0.15, -0.1) is 0 Å². The van der Waals surface area contributed by atoms with Crippen molar-refractivity contribution in [2.75, 3.05) is 32.8 Å². The van der Waals surface area contributed by atoms with Crippen LogP contribution in [0.25, 0.3) is 0 Å². The summed E-state index contributed by atoms with van der Waals surface area (Å²) in [6.45, 7) is 1.71. The molecular formula is C11H20N2O5S. The first-order chi connectivity index (χ1) is 9.00. The molecule has 2 rings (SSSR count). The minimum Gasteiger partial charge on any atom is -0.480 e. The molecule has 0 saturated carbocycles. The minimum absolute atomic E-state index is 0.152. The van der Waals surface area contributed by atoms with E-state index in [0.717, 1.165) is 12.8 Å². The Balaban J connectivity index is 1.83. The van der Waals surface area contributed by atoms with E-state index in [-0.39, 0.29) is 12.7 Å². The van der Waals surface area contributed by atoms with Gasteiger partial charge in [-0.05, 0) is 25.7 Å². The van der Waals surface area contributed by atoms with Crippen molar-refractivity contribution in [2.24, 2.45) is 0 Å². The Morgan fingerprint density at radius 3 is 2.16 bits per heavy atom. The second-order valence-electron chi connectivity index (χ2n) is 4.92. The number of carboxylic acids is 1. The molecule has 2 aliphatic rings. The lowest BCUT2D eigenvalue weighted by molar-refractivity contribution is -0.145. The summed E-state index contributed by atoms with van der Waals surface area (Å²) in [6.07, 6.45) is 2.82. The van der Waals surface area contributed by atoms with Gasteiger partial charge in [0.05, 0.1) is 6.10 Å². The molecule has 0 aromatic heterocycles. The van der Waals surface area contributed by atoms with Crippen molar-refractivity contribution >= 4 is 16.2 Å². The molecule has 2 saturated heterocycles. The Hall–Kier alpha value is -0.700. The normalized spacial score (nSPS) is 23.8. The zero-order chi connectivity index (χ0) is 13.9. The molecule has 0 aromatic rings. The van der Waals surface area contributed by atoms with Crippen molar-refractivity contribution in [3.63, 3.8) is 0 Å². The van der Waals surface area contributed by atoms with E-state index in [4.69, 9.17) is 9.84 Å². The first kappa shape index (κ1) is 14.7. The lowest BCUT2D eigenvalue weighted by Gasteiger charge is -2.33. The monoisotopic (exact) mass is 292 g/mol. The van der Waals surface area contributed by atoms with Gasteiger partial charge in [0, 0.05) is 26.2 Å². The molecule has 2 heterocycles. The van der Waals surface area contributed by atoms with E-state index in [9.17, 15) is 13.2 Å². The van der Waals surface area contributed by atoms with Gasteiger partial charge in [-0.1, -0.05) is 0 Å². The van der Waals surface area contributed by atoms with Crippen LogP contribution in [0.4, 0.5) is 0 Å². The fraction of sp³-hybridized carbons (Fsp3) is 0.909. The first-order valence-electron chi connectivity index (χ1n) is 6.59. The van der Waals surface area contributed by atoms with E-state index in [1.165, 1.54) is 8.61 Å². The van der Waals surface area contributed by atoms with Crippen molar-refractivity contribution in [3.05, 3.63) is 0 Å². The van der Waals surface area contributed by atoms with E-state index in [0.29, 0.717) is 39.0 Å². The van der Waals surface area contributed by atoms with Gasteiger partial charge in [-0.3, -0.25) is 0 Å². The summed E-state index contributed by atoms with van der Waals surface area (Å²) in [5.74, 6) is -0.993. The molecule has 0 bridgehead atoms. The molecular weight excluding hydrogens is 272 g/mol. The maximum atomic E-state index is 12.3. The number of piperidine rings is 1. The lowest BCUT2D eigenvalue weighted by Crippen LogP contribution is -2.47. The third-order valence-corrected chi connectivity index (χ3v) is 5.60. The lowest BCUT2D eigenvalue weighted by atomic mass is 10.1. The Kier molecular flexibility index (Phi) is 4.77. The smallest absolute Gasteiger partial charge is 0.329 e. The standard InChI is InChI=1S/C11H20N2O5S/c14-11(15)9-18-10-3-7-13(8-4-10)19(16,17)12-5-1-2-6-12/h10H,1-9H2,(H,14,15). The van der Waals surface area contributed by atoms with Gasteiger partial charge >= 0.3 is 5.97 Å². The predicted molar refractivity (Wildman–Crippen MR) is 67.9 cm³/mol. The average molecular weight is 292 g/mol. The highest BCUT2D eigenvalue weighted by molar-refractivity contribution is 7.86. The van der Waals surface area contributed by atoms with E-state index in [1.54, 1.807) is 0 Å². The highest BCUT2D eigenvalue weighted by atomic mass is 32.2. The summed E-state index contributed by atoms with van der Waals surface area (Å²) in [5, 5.41) is 8.53. The first-order valence-corrected chi connectivity index (χ1v) is 7.98. The Morgan fingerprint density at radius 2 is 1.63 bits per heavy atom. The van der Waals surface area contributed by atoms with Gasteiger partial charge < -0.3 is 9.84 Å². The van der Waals surface area contributed by atoms with Crippen LogP contribution in [0.2, 0.25) is 0 Å². The Morgan fingerprint density at radius 1 is 1.11 bits per heavy atom. The van der Waals surface area contributed by atoms with Crippen LogP contribution >= 0.6 is 0 Å². The van der Waals surface area contributed by atoms with E-state index >= 15 is 0 Å². The molecule has 0 unspecified atom stereocenters. The summed E-state index contributed by atoms with van der Waals surface area (Å²) in [6, 6.07) is 0. The number of ether oxygens (including phenoxy) is 1. The Labute approximate surface area is 113 Å². The molecule has 110 valence electrons. The van der Waals surface area contributed by atoms with Crippen LogP contribution in [0.3, 0.4) is 0 Å². The number of hydrogen-bond donors (Lipinski definition) is 1. The van der Waals surface area contributed by atoms with Crippen LogP contribution in [-0.2, 0) is 19.7 Å². The second-order valence-corrected chi connectivity index (χ2v) is 6.85. The van der Waals surface area contributed by atoms with Crippen molar-refractivity contribution < 1.29 is 23.1 Å². The number of carbonyl (C=O) groups is 1. The SMILES string of the molecule is O=C(O)COC1CCN(S(=O)(=O)N2CCCC2)CC1. The van der Waals surface area contributed by atoms with Crippen LogP contribution in [0.1, 0.15) is 25.7 Å². The van der Waals surface area contributed by atoms with Gasteiger partial charge in [-0.25, -0.2) is 4.79 Å². The third kappa shape index (κ3) is 3.65. The molecule has 0 spiro atoms. The topological polar surface area (TPSA) is 87.1 Å². The summed E-state index contributed by atoms with van der Waals surface area (Å²) < 4.78 is 32.8. The number of nitrogens with zero attached hydrogens (tertiary/aromatic N) is 2. The average Bonchev–Trinajstić information content (AvgIpc) is 2.91. The number of rotatable bonds is 5.